The number of hydrogen-bond acceptors (Lipinski definition) is 3. The molecule has 1 N–H and O–H groups in total. The van der Waals surface area contributed by atoms with Gasteiger partial charge in [0.25, 0.3) is 0 Å². The first-order chi connectivity index (χ1) is 8.69. The normalized spacial score (nSPS) is 10.4. The first-order valence-corrected chi connectivity index (χ1v) is 6.20. The smallest absolute Gasteiger partial charge is 0.146 e. The average molecular weight is 311 g/mol. The molecule has 1 heterocycles. The Morgan fingerprint density at radius 1 is 1.28 bits per heavy atom. The molecule has 0 atom stereocenters. The molecule has 0 amide bonds. The molecular weight excluding hydrogens is 299 g/mol. The zero-order valence-electron chi connectivity index (χ0n) is 9.78. The topological polar surface area (TPSA) is 34.2 Å². The minimum Gasteiger partial charge on any atom is -0.456 e. The highest BCUT2D eigenvalue weighted by atomic mass is 79.9. The highest BCUT2D eigenvalue weighted by Crippen LogP contribution is 2.26. The van der Waals surface area contributed by atoms with Crippen LogP contribution >= 0.6 is 15.9 Å². The van der Waals surface area contributed by atoms with Crippen molar-refractivity contribution in [3.8, 4) is 11.5 Å². The molecule has 2 rings (SSSR count). The zero-order valence-corrected chi connectivity index (χ0v) is 11.4. The lowest BCUT2D eigenvalue weighted by Crippen LogP contribution is -2.05. The van der Waals surface area contributed by atoms with Crippen molar-refractivity contribution >= 4 is 15.9 Å². The molecular formula is C13H12BrFN2O. The van der Waals surface area contributed by atoms with E-state index in [9.17, 15) is 4.39 Å². The molecule has 94 valence electrons. The molecule has 1 aromatic carbocycles. The van der Waals surface area contributed by atoms with Crippen LogP contribution in [0.1, 0.15) is 5.56 Å². The Morgan fingerprint density at radius 2 is 2.11 bits per heavy atom. The Morgan fingerprint density at radius 3 is 2.83 bits per heavy atom. The third-order valence-electron chi connectivity index (χ3n) is 2.28. The van der Waals surface area contributed by atoms with Crippen LogP contribution in [0.25, 0.3) is 0 Å². The van der Waals surface area contributed by atoms with E-state index in [1.165, 1.54) is 6.07 Å². The molecule has 0 radical (unpaired) electrons. The van der Waals surface area contributed by atoms with Gasteiger partial charge in [-0.15, -0.1) is 0 Å². The van der Waals surface area contributed by atoms with E-state index in [0.29, 0.717) is 16.0 Å². The van der Waals surface area contributed by atoms with Gasteiger partial charge in [0, 0.05) is 12.7 Å². The summed E-state index contributed by atoms with van der Waals surface area (Å²) in [6, 6.07) is 6.40. The summed E-state index contributed by atoms with van der Waals surface area (Å²) in [6.07, 6.45) is 3.39. The summed E-state index contributed by atoms with van der Waals surface area (Å²) in [5.41, 5.74) is 1.02. The van der Waals surface area contributed by atoms with Gasteiger partial charge in [-0.2, -0.15) is 0 Å². The van der Waals surface area contributed by atoms with Gasteiger partial charge in [0.2, 0.25) is 0 Å². The van der Waals surface area contributed by atoms with Gasteiger partial charge in [-0.1, -0.05) is 0 Å². The Hall–Kier alpha value is -1.46. The van der Waals surface area contributed by atoms with Crippen molar-refractivity contribution in [2.45, 2.75) is 6.54 Å². The SMILES string of the molecule is CNCc1cncc(Oc2ccc(F)c(Br)c2)c1. The minimum absolute atomic E-state index is 0.315. The maximum atomic E-state index is 13.1. The van der Waals surface area contributed by atoms with Gasteiger partial charge in [-0.25, -0.2) is 4.39 Å². The number of pyridine rings is 1. The predicted molar refractivity (Wildman–Crippen MR) is 71.2 cm³/mol. The summed E-state index contributed by atoms with van der Waals surface area (Å²) in [7, 11) is 1.87. The van der Waals surface area contributed by atoms with Crippen molar-refractivity contribution in [2.24, 2.45) is 0 Å². The van der Waals surface area contributed by atoms with E-state index in [0.717, 1.165) is 12.1 Å². The fourth-order valence-corrected chi connectivity index (χ4v) is 1.85. The van der Waals surface area contributed by atoms with Crippen LogP contribution in [0.4, 0.5) is 4.39 Å². The average Bonchev–Trinajstić information content (AvgIpc) is 2.35. The molecule has 0 fully saturated rings. The van der Waals surface area contributed by atoms with E-state index >= 15 is 0 Å². The summed E-state index contributed by atoms with van der Waals surface area (Å²) in [6.45, 7) is 0.720. The monoisotopic (exact) mass is 310 g/mol. The lowest BCUT2D eigenvalue weighted by Gasteiger charge is -2.07. The molecule has 0 bridgehead atoms. The first kappa shape index (κ1) is 13.0. The molecule has 0 saturated carbocycles. The predicted octanol–water partition coefficient (Wildman–Crippen LogP) is 3.49. The summed E-state index contributed by atoms with van der Waals surface area (Å²) >= 11 is 3.12. The molecule has 3 nitrogen and oxygen atoms in total. The number of ether oxygens (including phenoxy) is 1. The van der Waals surface area contributed by atoms with Crippen molar-refractivity contribution in [2.75, 3.05) is 7.05 Å². The second kappa shape index (κ2) is 5.93. The molecule has 2 aromatic rings. The molecule has 5 heteroatoms. The van der Waals surface area contributed by atoms with Crippen LogP contribution in [0.3, 0.4) is 0 Å². The van der Waals surface area contributed by atoms with E-state index in [2.05, 4.69) is 26.2 Å². The van der Waals surface area contributed by atoms with Crippen LogP contribution in [-0.4, -0.2) is 12.0 Å². The zero-order chi connectivity index (χ0) is 13.0. The Balaban J connectivity index is 2.17. The fraction of sp³-hybridized carbons (Fsp3) is 0.154. The van der Waals surface area contributed by atoms with Crippen molar-refractivity contribution in [3.63, 3.8) is 0 Å². The quantitative estimate of drug-likeness (QED) is 0.938. The number of rotatable bonds is 4. The molecule has 0 aliphatic heterocycles. The lowest BCUT2D eigenvalue weighted by molar-refractivity contribution is 0.476. The van der Waals surface area contributed by atoms with E-state index in [1.54, 1.807) is 24.5 Å². The highest BCUT2D eigenvalue weighted by molar-refractivity contribution is 9.10. The standard InChI is InChI=1S/C13H12BrFN2O/c1-16-6-9-4-11(8-17-7-9)18-10-2-3-13(15)12(14)5-10/h2-5,7-8,16H,6H2,1H3. The maximum Gasteiger partial charge on any atom is 0.146 e. The minimum atomic E-state index is -0.315. The van der Waals surface area contributed by atoms with Gasteiger partial charge in [0.15, 0.2) is 0 Å². The van der Waals surface area contributed by atoms with E-state index < -0.39 is 0 Å². The van der Waals surface area contributed by atoms with E-state index in [1.807, 2.05) is 13.1 Å². The lowest BCUT2D eigenvalue weighted by atomic mass is 10.3. The third kappa shape index (κ3) is 3.27. The Bertz CT molecular complexity index is 548. The van der Waals surface area contributed by atoms with Crippen LogP contribution in [-0.2, 0) is 6.54 Å². The number of hydrogen-bond donors (Lipinski definition) is 1. The van der Waals surface area contributed by atoms with Crippen LogP contribution in [0.2, 0.25) is 0 Å². The van der Waals surface area contributed by atoms with Crippen molar-refractivity contribution in [1.82, 2.24) is 10.3 Å². The molecule has 0 aliphatic carbocycles. The van der Waals surface area contributed by atoms with Gasteiger partial charge >= 0.3 is 0 Å². The van der Waals surface area contributed by atoms with Crippen LogP contribution in [0.15, 0.2) is 41.1 Å². The third-order valence-corrected chi connectivity index (χ3v) is 2.89. The molecule has 0 unspecified atom stereocenters. The summed E-state index contributed by atoms with van der Waals surface area (Å²) in [4.78, 5) is 4.09. The van der Waals surface area contributed by atoms with Gasteiger partial charge in [-0.3, -0.25) is 4.98 Å². The highest BCUT2D eigenvalue weighted by Gasteiger charge is 2.03. The molecule has 0 saturated heterocycles. The molecule has 1 aromatic heterocycles. The molecule has 0 aliphatic rings. The van der Waals surface area contributed by atoms with E-state index in [4.69, 9.17) is 4.74 Å². The van der Waals surface area contributed by atoms with E-state index in [-0.39, 0.29) is 5.82 Å². The number of benzene rings is 1. The maximum absolute atomic E-state index is 13.1. The number of halogens is 2. The molecule has 0 spiro atoms. The first-order valence-electron chi connectivity index (χ1n) is 5.40. The summed E-state index contributed by atoms with van der Waals surface area (Å²) < 4.78 is 19.1. The fourth-order valence-electron chi connectivity index (χ4n) is 1.50. The largest absolute Gasteiger partial charge is 0.456 e. The van der Waals surface area contributed by atoms with Gasteiger partial charge in [-0.05, 0) is 52.8 Å². The van der Waals surface area contributed by atoms with Crippen LogP contribution < -0.4 is 10.1 Å². The Kier molecular flexibility index (Phi) is 4.28. The van der Waals surface area contributed by atoms with Crippen molar-refractivity contribution < 1.29 is 9.13 Å². The van der Waals surface area contributed by atoms with Gasteiger partial charge < -0.3 is 10.1 Å². The Labute approximate surface area is 113 Å². The summed E-state index contributed by atoms with van der Waals surface area (Å²) in [5.74, 6) is 0.873. The second-order valence-corrected chi connectivity index (χ2v) is 4.59. The number of nitrogens with zero attached hydrogens (tertiary/aromatic N) is 1. The van der Waals surface area contributed by atoms with Crippen LogP contribution in [0, 0.1) is 5.82 Å². The second-order valence-electron chi connectivity index (χ2n) is 3.74. The number of aromatic nitrogens is 1. The van der Waals surface area contributed by atoms with Gasteiger partial charge in [0.05, 0.1) is 10.7 Å². The summed E-state index contributed by atoms with van der Waals surface area (Å²) in [5, 5.41) is 3.04. The van der Waals surface area contributed by atoms with Crippen LogP contribution in [0.5, 0.6) is 11.5 Å². The number of nitrogens with one attached hydrogen (secondary N) is 1. The molecule has 18 heavy (non-hydrogen) atoms. The van der Waals surface area contributed by atoms with Crippen molar-refractivity contribution in [3.05, 3.63) is 52.5 Å². The van der Waals surface area contributed by atoms with Crippen molar-refractivity contribution in [1.29, 1.82) is 0 Å². The van der Waals surface area contributed by atoms with Gasteiger partial charge in [0.1, 0.15) is 17.3 Å².